The third kappa shape index (κ3) is 2.15. The number of rotatable bonds is 2. The van der Waals surface area contributed by atoms with Gasteiger partial charge in [0.15, 0.2) is 0 Å². The Labute approximate surface area is 106 Å². The topological polar surface area (TPSA) is 26.0 Å². The minimum Gasteiger partial charge on any atom is -0.320 e. The first-order chi connectivity index (χ1) is 8.34. The summed E-state index contributed by atoms with van der Waals surface area (Å²) in [6.45, 7) is 0. The van der Waals surface area contributed by atoms with Gasteiger partial charge in [0.2, 0.25) is 0 Å². The van der Waals surface area contributed by atoms with Crippen LogP contribution in [0, 0.1) is 0 Å². The lowest BCUT2D eigenvalue weighted by Crippen LogP contribution is -2.12. The lowest BCUT2D eigenvalue weighted by Gasteiger charge is -2.18. The summed E-state index contributed by atoms with van der Waals surface area (Å²) in [5.41, 5.74) is 10.6. The Morgan fingerprint density at radius 2 is 1.88 bits per heavy atom. The quantitative estimate of drug-likeness (QED) is 0.855. The van der Waals surface area contributed by atoms with Crippen LogP contribution in [0.1, 0.15) is 40.5 Å². The summed E-state index contributed by atoms with van der Waals surface area (Å²) >= 11 is 1.74. The fourth-order valence-corrected chi connectivity index (χ4v) is 3.33. The van der Waals surface area contributed by atoms with E-state index >= 15 is 0 Å². The van der Waals surface area contributed by atoms with E-state index in [0.717, 1.165) is 0 Å². The Kier molecular flexibility index (Phi) is 3.00. The van der Waals surface area contributed by atoms with E-state index in [0.29, 0.717) is 0 Å². The van der Waals surface area contributed by atoms with Crippen LogP contribution >= 0.6 is 11.3 Å². The maximum atomic E-state index is 6.30. The van der Waals surface area contributed by atoms with Crippen LogP contribution in [0.4, 0.5) is 0 Å². The molecular formula is C15H17NS. The normalized spacial score (nSPS) is 16.5. The fourth-order valence-electron chi connectivity index (χ4n) is 2.58. The van der Waals surface area contributed by atoms with Gasteiger partial charge in [0.25, 0.3) is 0 Å². The lowest BCUT2D eigenvalue weighted by atomic mass is 9.89. The van der Waals surface area contributed by atoms with Crippen molar-refractivity contribution in [1.82, 2.24) is 0 Å². The molecule has 0 fully saturated rings. The van der Waals surface area contributed by atoms with E-state index in [9.17, 15) is 0 Å². The maximum absolute atomic E-state index is 6.30. The highest BCUT2D eigenvalue weighted by molar-refractivity contribution is 7.10. The number of fused-ring (bicyclic) bond motifs is 1. The van der Waals surface area contributed by atoms with Gasteiger partial charge in [-0.2, -0.15) is 0 Å². The van der Waals surface area contributed by atoms with Gasteiger partial charge >= 0.3 is 0 Å². The van der Waals surface area contributed by atoms with Gasteiger partial charge in [-0.15, -0.1) is 11.3 Å². The van der Waals surface area contributed by atoms with E-state index in [-0.39, 0.29) is 6.04 Å². The first kappa shape index (κ1) is 11.0. The number of nitrogens with two attached hydrogens (primary N) is 1. The summed E-state index contributed by atoms with van der Waals surface area (Å²) in [5.74, 6) is 0. The number of benzene rings is 1. The summed E-state index contributed by atoms with van der Waals surface area (Å²) in [6.07, 6.45) is 5.12. The summed E-state index contributed by atoms with van der Waals surface area (Å²) in [4.78, 5) is 1.25. The second-order valence-corrected chi connectivity index (χ2v) is 5.71. The molecule has 1 aromatic carbocycles. The molecule has 2 heteroatoms. The Hall–Kier alpha value is -1.12. The molecule has 0 saturated heterocycles. The Morgan fingerprint density at radius 3 is 2.65 bits per heavy atom. The summed E-state index contributed by atoms with van der Waals surface area (Å²) < 4.78 is 0. The predicted molar refractivity (Wildman–Crippen MR) is 73.4 cm³/mol. The first-order valence-corrected chi connectivity index (χ1v) is 7.13. The van der Waals surface area contributed by atoms with Crippen LogP contribution in [-0.4, -0.2) is 0 Å². The highest BCUT2D eigenvalue weighted by Gasteiger charge is 2.14. The molecular weight excluding hydrogens is 226 g/mol. The van der Waals surface area contributed by atoms with Crippen molar-refractivity contribution in [3.05, 3.63) is 57.3 Å². The molecule has 0 saturated carbocycles. The van der Waals surface area contributed by atoms with E-state index in [2.05, 4.69) is 35.7 Å². The molecule has 1 aliphatic rings. The van der Waals surface area contributed by atoms with E-state index in [1.165, 1.54) is 47.3 Å². The summed E-state index contributed by atoms with van der Waals surface area (Å²) in [7, 11) is 0. The van der Waals surface area contributed by atoms with Gasteiger partial charge in [-0.3, -0.25) is 0 Å². The number of aryl methyl sites for hydroxylation is 2. The zero-order chi connectivity index (χ0) is 11.7. The smallest absolute Gasteiger partial charge is 0.0646 e. The molecule has 1 nitrogen and oxygen atoms in total. The molecule has 1 aromatic heterocycles. The minimum atomic E-state index is 0.0437. The fraction of sp³-hybridized carbons (Fsp3) is 0.333. The molecule has 0 amide bonds. The molecule has 2 aromatic rings. The van der Waals surface area contributed by atoms with Crippen molar-refractivity contribution in [2.45, 2.75) is 31.7 Å². The molecule has 1 atom stereocenters. The molecule has 0 spiro atoms. The van der Waals surface area contributed by atoms with Crippen molar-refractivity contribution >= 4 is 11.3 Å². The zero-order valence-electron chi connectivity index (χ0n) is 9.86. The Morgan fingerprint density at radius 1 is 1.06 bits per heavy atom. The van der Waals surface area contributed by atoms with Crippen LogP contribution in [0.3, 0.4) is 0 Å². The predicted octanol–water partition coefficient (Wildman–Crippen LogP) is 3.68. The van der Waals surface area contributed by atoms with Crippen LogP contribution in [-0.2, 0) is 12.8 Å². The van der Waals surface area contributed by atoms with Crippen molar-refractivity contribution < 1.29 is 0 Å². The molecule has 88 valence electrons. The molecule has 0 bridgehead atoms. The van der Waals surface area contributed by atoms with Gasteiger partial charge in [-0.05, 0) is 53.8 Å². The van der Waals surface area contributed by atoms with Gasteiger partial charge in [0.05, 0.1) is 6.04 Å². The average molecular weight is 243 g/mol. The number of thiophene rings is 1. The Balaban J connectivity index is 1.93. The van der Waals surface area contributed by atoms with Gasteiger partial charge in [-0.25, -0.2) is 0 Å². The highest BCUT2D eigenvalue weighted by atomic mass is 32.1. The van der Waals surface area contributed by atoms with E-state index in [4.69, 9.17) is 5.73 Å². The molecule has 0 aliphatic heterocycles. The average Bonchev–Trinajstić information content (AvgIpc) is 2.91. The van der Waals surface area contributed by atoms with Crippen molar-refractivity contribution in [3.63, 3.8) is 0 Å². The van der Waals surface area contributed by atoms with Crippen LogP contribution < -0.4 is 5.73 Å². The second-order valence-electron chi connectivity index (χ2n) is 4.73. The SMILES string of the molecule is NC(c1ccc2c(c1)CCCC2)c1cccs1. The molecule has 1 heterocycles. The second kappa shape index (κ2) is 4.63. The van der Waals surface area contributed by atoms with Crippen molar-refractivity contribution in [2.75, 3.05) is 0 Å². The standard InChI is InChI=1S/C15H17NS/c16-15(14-6-3-9-17-14)13-8-7-11-4-1-2-5-12(11)10-13/h3,6-10,15H,1-2,4-5,16H2. The highest BCUT2D eigenvalue weighted by Crippen LogP contribution is 2.28. The molecule has 17 heavy (non-hydrogen) atoms. The largest absolute Gasteiger partial charge is 0.320 e. The third-order valence-electron chi connectivity index (χ3n) is 3.58. The number of hydrogen-bond donors (Lipinski definition) is 1. The minimum absolute atomic E-state index is 0.0437. The van der Waals surface area contributed by atoms with Gasteiger partial charge in [0.1, 0.15) is 0 Å². The molecule has 1 aliphatic carbocycles. The van der Waals surface area contributed by atoms with Gasteiger partial charge < -0.3 is 5.73 Å². The van der Waals surface area contributed by atoms with E-state index in [1.54, 1.807) is 11.3 Å². The lowest BCUT2D eigenvalue weighted by molar-refractivity contribution is 0.683. The van der Waals surface area contributed by atoms with Crippen LogP contribution in [0.15, 0.2) is 35.7 Å². The molecule has 1 unspecified atom stereocenters. The van der Waals surface area contributed by atoms with Gasteiger partial charge in [-0.1, -0.05) is 24.3 Å². The molecule has 2 N–H and O–H groups in total. The van der Waals surface area contributed by atoms with E-state index in [1.807, 2.05) is 0 Å². The Bertz CT molecular complexity index is 502. The van der Waals surface area contributed by atoms with Crippen molar-refractivity contribution in [2.24, 2.45) is 5.73 Å². The first-order valence-electron chi connectivity index (χ1n) is 6.25. The monoisotopic (exact) mass is 243 g/mol. The van der Waals surface area contributed by atoms with Gasteiger partial charge in [0, 0.05) is 4.88 Å². The van der Waals surface area contributed by atoms with Crippen LogP contribution in [0.5, 0.6) is 0 Å². The zero-order valence-corrected chi connectivity index (χ0v) is 10.7. The van der Waals surface area contributed by atoms with Crippen LogP contribution in [0.25, 0.3) is 0 Å². The molecule has 3 rings (SSSR count). The van der Waals surface area contributed by atoms with Crippen molar-refractivity contribution in [1.29, 1.82) is 0 Å². The molecule has 0 radical (unpaired) electrons. The van der Waals surface area contributed by atoms with E-state index < -0.39 is 0 Å². The van der Waals surface area contributed by atoms with Crippen LogP contribution in [0.2, 0.25) is 0 Å². The number of hydrogen-bond acceptors (Lipinski definition) is 2. The maximum Gasteiger partial charge on any atom is 0.0646 e. The summed E-state index contributed by atoms with van der Waals surface area (Å²) in [6, 6.07) is 11.0. The van der Waals surface area contributed by atoms with Crippen molar-refractivity contribution in [3.8, 4) is 0 Å². The third-order valence-corrected chi connectivity index (χ3v) is 4.54. The summed E-state index contributed by atoms with van der Waals surface area (Å²) in [5, 5.41) is 2.09.